The summed E-state index contributed by atoms with van der Waals surface area (Å²) in [6.45, 7) is 0. The maximum Gasteiger partial charge on any atom is 0.288 e. The normalized spacial score (nSPS) is 21.3. The molecular formula is C34H23N4O+. The van der Waals surface area contributed by atoms with Gasteiger partial charge in [-0.15, -0.1) is 0 Å². The molecule has 2 atom stereocenters. The average Bonchev–Trinajstić information content (AvgIpc) is 3.47. The van der Waals surface area contributed by atoms with Gasteiger partial charge in [0.25, 0.3) is 5.82 Å². The molecule has 5 aliphatic heterocycles. The second kappa shape index (κ2) is 6.51. The molecule has 0 N–H and O–H groups in total. The fraction of sp³-hybridized carbons (Fsp3) is 0.0882. The predicted molar refractivity (Wildman–Crippen MR) is 152 cm³/mol. The van der Waals surface area contributed by atoms with Crippen LogP contribution in [0.5, 0.6) is 11.5 Å². The number of pyridine rings is 1. The van der Waals surface area contributed by atoms with Crippen LogP contribution in [0.25, 0.3) is 22.3 Å². The van der Waals surface area contributed by atoms with Crippen molar-refractivity contribution in [1.29, 1.82) is 0 Å². The van der Waals surface area contributed by atoms with E-state index in [1.807, 2.05) is 0 Å². The number of likely N-dealkylation sites (N-methyl/N-ethyl adjacent to an activating group) is 1. The summed E-state index contributed by atoms with van der Waals surface area (Å²) in [5.74, 6) is 3.00. The van der Waals surface area contributed by atoms with Gasteiger partial charge in [-0.1, -0.05) is 54.6 Å². The highest BCUT2D eigenvalue weighted by Crippen LogP contribution is 2.66. The van der Waals surface area contributed by atoms with Crippen LogP contribution in [-0.2, 0) is 5.54 Å². The van der Waals surface area contributed by atoms with E-state index in [1.165, 1.54) is 50.4 Å². The molecule has 0 fully saturated rings. The molecule has 10 rings (SSSR count). The van der Waals surface area contributed by atoms with E-state index in [0.717, 1.165) is 17.3 Å². The molecule has 0 aliphatic carbocycles. The zero-order valence-electron chi connectivity index (χ0n) is 21.2. The number of anilines is 4. The van der Waals surface area contributed by atoms with Gasteiger partial charge >= 0.3 is 0 Å². The highest BCUT2D eigenvalue weighted by Gasteiger charge is 2.68. The number of nitrogens with zero attached hydrogens (tertiary/aromatic N) is 4. The van der Waals surface area contributed by atoms with Crippen molar-refractivity contribution in [2.24, 2.45) is 0 Å². The third-order valence-corrected chi connectivity index (χ3v) is 9.21. The van der Waals surface area contributed by atoms with Crippen molar-refractivity contribution in [2.45, 2.75) is 11.7 Å². The summed E-state index contributed by atoms with van der Waals surface area (Å²) in [5.41, 5.74) is 10.5. The second-order valence-corrected chi connectivity index (χ2v) is 10.9. The molecule has 1 spiro atoms. The fourth-order valence-corrected chi connectivity index (χ4v) is 7.91. The van der Waals surface area contributed by atoms with Crippen molar-refractivity contribution >= 4 is 22.9 Å². The van der Waals surface area contributed by atoms with Crippen molar-refractivity contribution in [3.05, 3.63) is 127 Å². The minimum absolute atomic E-state index is 0.0323. The lowest BCUT2D eigenvalue weighted by molar-refractivity contribution is -0.737. The highest BCUT2D eigenvalue weighted by molar-refractivity contribution is 6.04. The maximum absolute atomic E-state index is 6.81. The van der Waals surface area contributed by atoms with Gasteiger partial charge in [0.15, 0.2) is 11.9 Å². The Hall–Kier alpha value is -5.03. The quantitative estimate of drug-likeness (QED) is 0.211. The number of ether oxygens (including phenoxy) is 1. The van der Waals surface area contributed by atoms with E-state index in [0.29, 0.717) is 0 Å². The Morgan fingerprint density at radius 2 is 1.41 bits per heavy atom. The first-order valence-electron chi connectivity index (χ1n) is 13.5. The Morgan fingerprint density at radius 3 is 2.31 bits per heavy atom. The van der Waals surface area contributed by atoms with Crippen LogP contribution >= 0.6 is 0 Å². The maximum atomic E-state index is 6.81. The van der Waals surface area contributed by atoms with E-state index in [-0.39, 0.29) is 6.17 Å². The number of hydrogen-bond acceptors (Lipinski definition) is 4. The van der Waals surface area contributed by atoms with Gasteiger partial charge in [0.2, 0.25) is 5.54 Å². The van der Waals surface area contributed by atoms with Gasteiger partial charge in [0.1, 0.15) is 17.2 Å². The molecule has 0 amide bonds. The topological polar surface area (TPSA) is 22.8 Å². The van der Waals surface area contributed by atoms with E-state index >= 15 is 0 Å². The average molecular weight is 504 g/mol. The highest BCUT2D eigenvalue weighted by atomic mass is 16.5. The van der Waals surface area contributed by atoms with Crippen molar-refractivity contribution in [1.82, 2.24) is 4.90 Å². The third kappa shape index (κ3) is 2.06. The summed E-state index contributed by atoms with van der Waals surface area (Å²) < 4.78 is 9.31. The lowest BCUT2D eigenvalue weighted by atomic mass is 9.75. The minimum Gasteiger partial charge on any atom is -0.456 e. The van der Waals surface area contributed by atoms with Crippen LogP contribution in [0, 0.1) is 0 Å². The number of benzene rings is 4. The van der Waals surface area contributed by atoms with E-state index < -0.39 is 5.54 Å². The van der Waals surface area contributed by atoms with Gasteiger partial charge in [-0.2, -0.15) is 4.90 Å². The Kier molecular flexibility index (Phi) is 3.34. The number of rotatable bonds is 0. The van der Waals surface area contributed by atoms with Crippen LogP contribution < -0.4 is 19.1 Å². The Labute approximate surface area is 226 Å². The number of fused-ring (bicyclic) bond motifs is 9. The molecular weight excluding hydrogens is 480 g/mol. The van der Waals surface area contributed by atoms with Gasteiger partial charge in [-0.05, 0) is 47.5 Å². The predicted octanol–water partition coefficient (Wildman–Crippen LogP) is 6.87. The molecule has 2 unspecified atom stereocenters. The van der Waals surface area contributed by atoms with Crippen LogP contribution in [0.1, 0.15) is 11.1 Å². The van der Waals surface area contributed by atoms with Crippen molar-refractivity contribution < 1.29 is 9.30 Å². The Bertz CT molecular complexity index is 1960. The Balaban J connectivity index is 1.46. The van der Waals surface area contributed by atoms with E-state index in [1.54, 1.807) is 0 Å². The number of para-hydroxylation sites is 1. The summed E-state index contributed by atoms with van der Waals surface area (Å²) in [6.07, 6.45) is 6.71. The second-order valence-electron chi connectivity index (χ2n) is 10.9. The molecule has 4 aromatic carbocycles. The van der Waals surface area contributed by atoms with Gasteiger partial charge < -0.3 is 14.5 Å². The molecule has 6 heterocycles. The number of hydrogen-bond donors (Lipinski definition) is 0. The first-order chi connectivity index (χ1) is 19.3. The summed E-state index contributed by atoms with van der Waals surface area (Å²) in [7, 11) is 2.19. The first kappa shape index (κ1) is 20.0. The standard InChI is InChI=1S/C34H23N4O/c1-35-19-20-36-26-13-8-14-27-30(26)34(33(35)36)31-28(39-27)17-16-24-22-10-3-2-9-21(22)23-11-4-5-12-25(23)38(32(24)31)29-15-6-7-18-37(29)34/h2-20,33H,1H3/q+1. The molecule has 0 bridgehead atoms. The molecule has 1 aromatic heterocycles. The van der Waals surface area contributed by atoms with Crippen LogP contribution in [0.4, 0.5) is 22.9 Å². The summed E-state index contributed by atoms with van der Waals surface area (Å²) in [4.78, 5) is 7.25. The van der Waals surface area contributed by atoms with Gasteiger partial charge in [-0.3, -0.25) is 0 Å². The smallest absolute Gasteiger partial charge is 0.288 e. The van der Waals surface area contributed by atoms with Crippen molar-refractivity contribution in [3.63, 3.8) is 0 Å². The first-order valence-corrected chi connectivity index (χ1v) is 13.5. The summed E-state index contributed by atoms with van der Waals surface area (Å²) in [5, 5.41) is 0. The van der Waals surface area contributed by atoms with Crippen LogP contribution in [0.2, 0.25) is 0 Å². The van der Waals surface area contributed by atoms with Crippen LogP contribution in [0.3, 0.4) is 0 Å². The lowest BCUT2D eigenvalue weighted by Crippen LogP contribution is -2.70. The molecule has 39 heavy (non-hydrogen) atoms. The zero-order chi connectivity index (χ0) is 25.5. The molecule has 5 nitrogen and oxygen atoms in total. The van der Waals surface area contributed by atoms with Crippen LogP contribution in [-0.4, -0.2) is 18.1 Å². The molecule has 5 aromatic rings. The Morgan fingerprint density at radius 1 is 0.667 bits per heavy atom. The SMILES string of the molecule is CN1C=CN2c3cccc4c3C3(c5c(ccc6c5N(c5ccccc5-c5ccccc5-6)c5cccc[n+]53)O4)C12. The van der Waals surface area contributed by atoms with E-state index in [9.17, 15) is 0 Å². The number of aromatic nitrogens is 1. The van der Waals surface area contributed by atoms with Gasteiger partial charge in [-0.25, -0.2) is 4.57 Å². The summed E-state index contributed by atoms with van der Waals surface area (Å²) >= 11 is 0. The van der Waals surface area contributed by atoms with E-state index in [2.05, 4.69) is 142 Å². The monoisotopic (exact) mass is 503 g/mol. The van der Waals surface area contributed by atoms with Gasteiger partial charge in [0, 0.05) is 36.6 Å². The molecule has 5 aliphatic rings. The third-order valence-electron chi connectivity index (χ3n) is 9.21. The fourth-order valence-electron chi connectivity index (χ4n) is 7.91. The molecule has 0 saturated heterocycles. The minimum atomic E-state index is -0.509. The molecule has 0 saturated carbocycles. The molecule has 5 heteroatoms. The zero-order valence-corrected chi connectivity index (χ0v) is 21.2. The lowest BCUT2D eigenvalue weighted by Gasteiger charge is -2.46. The summed E-state index contributed by atoms with van der Waals surface area (Å²) in [6, 6.07) is 35.1. The van der Waals surface area contributed by atoms with Crippen molar-refractivity contribution in [2.75, 3.05) is 16.8 Å². The molecule has 0 radical (unpaired) electrons. The van der Waals surface area contributed by atoms with E-state index in [4.69, 9.17) is 4.74 Å². The van der Waals surface area contributed by atoms with Crippen LogP contribution in [0.15, 0.2) is 116 Å². The largest absolute Gasteiger partial charge is 0.456 e. The molecule has 184 valence electrons. The van der Waals surface area contributed by atoms with Crippen molar-refractivity contribution in [3.8, 4) is 33.8 Å². The van der Waals surface area contributed by atoms with Gasteiger partial charge in [0.05, 0.1) is 23.0 Å².